The van der Waals surface area contributed by atoms with Crippen molar-refractivity contribution in [2.45, 2.75) is 63.2 Å². The maximum atomic E-state index is 9.98. The highest BCUT2D eigenvalue weighted by Gasteiger charge is 2.59. The van der Waals surface area contributed by atoms with Gasteiger partial charge in [-0.25, -0.2) is 0 Å². The van der Waals surface area contributed by atoms with Crippen LogP contribution >= 0.6 is 0 Å². The van der Waals surface area contributed by atoms with Crippen LogP contribution in [-0.2, 0) is 28.4 Å². The summed E-state index contributed by atoms with van der Waals surface area (Å²) >= 11 is 0. The third-order valence-corrected chi connectivity index (χ3v) is 3.70. The first-order valence-corrected chi connectivity index (χ1v) is 6.40. The first kappa shape index (κ1) is 13.7. The van der Waals surface area contributed by atoms with E-state index >= 15 is 0 Å². The zero-order valence-corrected chi connectivity index (χ0v) is 11.5. The lowest BCUT2D eigenvalue weighted by molar-refractivity contribution is -0.366. The van der Waals surface area contributed by atoms with E-state index in [2.05, 4.69) is 0 Å². The zero-order chi connectivity index (χ0) is 13.8. The van der Waals surface area contributed by atoms with Gasteiger partial charge in [0.05, 0.1) is 6.61 Å². The molecule has 7 heteroatoms. The summed E-state index contributed by atoms with van der Waals surface area (Å²) in [5, 5.41) is 9.98. The Kier molecular flexibility index (Phi) is 3.14. The van der Waals surface area contributed by atoms with E-state index in [4.69, 9.17) is 28.4 Å². The smallest absolute Gasteiger partial charge is 0.280 e. The van der Waals surface area contributed by atoms with E-state index in [9.17, 15) is 5.11 Å². The molecule has 19 heavy (non-hydrogen) atoms. The van der Waals surface area contributed by atoms with E-state index in [1.165, 1.54) is 7.11 Å². The first-order chi connectivity index (χ1) is 8.84. The maximum Gasteiger partial charge on any atom is 0.280 e. The number of aliphatic hydroxyl groups is 1. The van der Waals surface area contributed by atoms with E-state index in [0.29, 0.717) is 6.61 Å². The van der Waals surface area contributed by atoms with Gasteiger partial charge in [-0.15, -0.1) is 0 Å². The van der Waals surface area contributed by atoms with Gasteiger partial charge in [0.2, 0.25) is 0 Å². The lowest BCUT2D eigenvalue weighted by atomic mass is 9.98. The zero-order valence-electron chi connectivity index (χ0n) is 11.5. The molecule has 3 aliphatic rings. The predicted octanol–water partition coefficient (Wildman–Crippen LogP) is -0.0408. The molecule has 0 aromatic rings. The molecule has 0 aliphatic carbocycles. The summed E-state index contributed by atoms with van der Waals surface area (Å²) in [4.78, 5) is 0. The first-order valence-electron chi connectivity index (χ1n) is 6.40. The van der Waals surface area contributed by atoms with Crippen molar-refractivity contribution in [1.29, 1.82) is 0 Å². The van der Waals surface area contributed by atoms with Crippen molar-refractivity contribution in [2.75, 3.05) is 13.7 Å². The molecule has 0 spiro atoms. The van der Waals surface area contributed by atoms with Gasteiger partial charge in [-0.3, -0.25) is 0 Å². The van der Waals surface area contributed by atoms with Crippen LogP contribution in [0.1, 0.15) is 20.8 Å². The molecule has 3 fully saturated rings. The summed E-state index contributed by atoms with van der Waals surface area (Å²) in [6.45, 7) is 5.64. The molecule has 0 bridgehead atoms. The monoisotopic (exact) mass is 276 g/mol. The normalized spacial score (nSPS) is 52.6. The van der Waals surface area contributed by atoms with Gasteiger partial charge in [-0.05, 0) is 13.8 Å². The van der Waals surface area contributed by atoms with E-state index in [-0.39, 0.29) is 12.2 Å². The quantitative estimate of drug-likeness (QED) is 0.720. The molecule has 1 unspecified atom stereocenters. The molecule has 3 aliphatic heterocycles. The Bertz CT molecular complexity index is 360. The van der Waals surface area contributed by atoms with Crippen LogP contribution in [0.15, 0.2) is 0 Å². The van der Waals surface area contributed by atoms with Crippen molar-refractivity contribution < 1.29 is 33.5 Å². The Labute approximate surface area is 111 Å². The molecule has 0 aromatic heterocycles. The summed E-state index contributed by atoms with van der Waals surface area (Å²) in [6.07, 6.45) is -2.93. The van der Waals surface area contributed by atoms with Crippen molar-refractivity contribution in [3.8, 4) is 0 Å². The summed E-state index contributed by atoms with van der Waals surface area (Å²) in [7, 11) is 1.48. The number of hydrogen-bond donors (Lipinski definition) is 1. The van der Waals surface area contributed by atoms with Gasteiger partial charge < -0.3 is 33.5 Å². The number of rotatable bonds is 1. The van der Waals surface area contributed by atoms with Crippen molar-refractivity contribution in [3.63, 3.8) is 0 Å². The van der Waals surface area contributed by atoms with Crippen LogP contribution < -0.4 is 0 Å². The number of aliphatic hydroxyl groups excluding tert-OH is 1. The minimum atomic E-state index is -1.19. The number of fused-ring (bicyclic) bond motifs is 3. The topological polar surface area (TPSA) is 75.6 Å². The molecule has 0 amide bonds. The van der Waals surface area contributed by atoms with Gasteiger partial charge >= 0.3 is 0 Å². The fourth-order valence-corrected chi connectivity index (χ4v) is 2.69. The van der Waals surface area contributed by atoms with Crippen molar-refractivity contribution in [3.05, 3.63) is 0 Å². The van der Waals surface area contributed by atoms with Gasteiger partial charge in [-0.2, -0.15) is 0 Å². The molecule has 0 saturated carbocycles. The molecular formula is C12H20O7. The van der Waals surface area contributed by atoms with Crippen LogP contribution in [0.2, 0.25) is 0 Å². The van der Waals surface area contributed by atoms with Crippen molar-refractivity contribution in [1.82, 2.24) is 0 Å². The standard InChI is InChI=1S/C12H20O7/c1-11(2)15-5-6-7(17-11)8-9(10(13)16-6)19-12(3,14-4)18-8/h6-10,13H,5H2,1-4H3/t6-,7-,8+,9+,10+,12?/m1/s1. The van der Waals surface area contributed by atoms with Gasteiger partial charge in [0, 0.05) is 14.0 Å². The summed E-state index contributed by atoms with van der Waals surface area (Å²) in [6, 6.07) is 0. The van der Waals surface area contributed by atoms with Gasteiger partial charge in [0.15, 0.2) is 12.1 Å². The molecule has 3 heterocycles. The van der Waals surface area contributed by atoms with Crippen molar-refractivity contribution in [2.24, 2.45) is 0 Å². The van der Waals surface area contributed by atoms with Gasteiger partial charge in [0.1, 0.15) is 24.4 Å². The Morgan fingerprint density at radius 1 is 1.05 bits per heavy atom. The molecule has 110 valence electrons. The summed E-state index contributed by atoms with van der Waals surface area (Å²) in [5.74, 6) is -1.91. The second-order valence-electron chi connectivity index (χ2n) is 5.59. The van der Waals surface area contributed by atoms with Crippen LogP contribution in [0, 0.1) is 0 Å². The van der Waals surface area contributed by atoms with Crippen LogP contribution in [0.4, 0.5) is 0 Å². The van der Waals surface area contributed by atoms with E-state index < -0.39 is 30.3 Å². The minimum absolute atomic E-state index is 0.338. The molecule has 3 saturated heterocycles. The summed E-state index contributed by atoms with van der Waals surface area (Å²) < 4.78 is 33.4. The molecular weight excluding hydrogens is 256 g/mol. The molecule has 1 N–H and O–H groups in total. The second kappa shape index (κ2) is 4.36. The minimum Gasteiger partial charge on any atom is -0.366 e. The Hall–Kier alpha value is -0.280. The predicted molar refractivity (Wildman–Crippen MR) is 60.9 cm³/mol. The van der Waals surface area contributed by atoms with Crippen LogP contribution in [-0.4, -0.2) is 61.3 Å². The Balaban J connectivity index is 1.84. The van der Waals surface area contributed by atoms with E-state index in [1.807, 2.05) is 13.8 Å². The summed E-state index contributed by atoms with van der Waals surface area (Å²) in [5.41, 5.74) is 0. The lowest BCUT2D eigenvalue weighted by Gasteiger charge is -2.47. The molecule has 3 rings (SSSR count). The fraction of sp³-hybridized carbons (Fsp3) is 1.00. The third kappa shape index (κ3) is 2.29. The molecule has 0 radical (unpaired) electrons. The average molecular weight is 276 g/mol. The Morgan fingerprint density at radius 3 is 2.42 bits per heavy atom. The van der Waals surface area contributed by atoms with Crippen LogP contribution in [0.3, 0.4) is 0 Å². The number of methoxy groups -OCH3 is 1. The highest BCUT2D eigenvalue weighted by atomic mass is 16.9. The third-order valence-electron chi connectivity index (χ3n) is 3.70. The highest BCUT2D eigenvalue weighted by Crippen LogP contribution is 2.41. The van der Waals surface area contributed by atoms with Gasteiger partial charge in [-0.1, -0.05) is 0 Å². The van der Waals surface area contributed by atoms with Crippen molar-refractivity contribution >= 4 is 0 Å². The maximum absolute atomic E-state index is 9.98. The van der Waals surface area contributed by atoms with Gasteiger partial charge in [0.25, 0.3) is 5.97 Å². The average Bonchev–Trinajstić information content (AvgIpc) is 2.70. The lowest BCUT2D eigenvalue weighted by Crippen LogP contribution is -2.63. The van der Waals surface area contributed by atoms with Crippen LogP contribution in [0.5, 0.6) is 0 Å². The second-order valence-corrected chi connectivity index (χ2v) is 5.59. The SMILES string of the molecule is COC1(C)O[C@@H]2[C@H](O1)[C@@H](O)O[C@@H]1COC(C)(C)O[C@@H]21. The fourth-order valence-electron chi connectivity index (χ4n) is 2.69. The van der Waals surface area contributed by atoms with Crippen LogP contribution in [0.25, 0.3) is 0 Å². The number of hydrogen-bond acceptors (Lipinski definition) is 7. The highest BCUT2D eigenvalue weighted by molar-refractivity contribution is 4.98. The molecule has 7 nitrogen and oxygen atoms in total. The Morgan fingerprint density at radius 2 is 1.74 bits per heavy atom. The molecule has 6 atom stereocenters. The number of ether oxygens (including phenoxy) is 6. The van der Waals surface area contributed by atoms with E-state index in [1.54, 1.807) is 6.92 Å². The van der Waals surface area contributed by atoms with E-state index in [0.717, 1.165) is 0 Å². The largest absolute Gasteiger partial charge is 0.366 e. The molecule has 0 aromatic carbocycles.